The highest BCUT2D eigenvalue weighted by Crippen LogP contribution is 2.21. The molecule has 2 nitrogen and oxygen atoms in total. The summed E-state index contributed by atoms with van der Waals surface area (Å²) in [6, 6.07) is 3.70. The number of benzene rings is 1. The smallest absolute Gasteiger partial charge is 0.135 e. The third-order valence-corrected chi connectivity index (χ3v) is 1.89. The van der Waals surface area contributed by atoms with Crippen molar-refractivity contribution in [3.8, 4) is 6.07 Å². The first-order chi connectivity index (χ1) is 6.72. The molecule has 14 heavy (non-hydrogen) atoms. The molecule has 0 atom stereocenters. The van der Waals surface area contributed by atoms with Gasteiger partial charge in [-0.15, -0.1) is 0 Å². The topological polar surface area (TPSA) is 36.7 Å². The van der Waals surface area contributed by atoms with Crippen molar-refractivity contribution in [2.45, 2.75) is 0 Å². The molecule has 0 aliphatic heterocycles. The van der Waals surface area contributed by atoms with E-state index in [0.29, 0.717) is 5.39 Å². The quantitative estimate of drug-likeness (QED) is 0.639. The largest absolute Gasteiger partial charge is 0.263 e. The molecule has 0 saturated carbocycles. The molecule has 4 heteroatoms. The van der Waals surface area contributed by atoms with Gasteiger partial charge in [0.1, 0.15) is 17.7 Å². The fraction of sp³-hybridized carbons (Fsp3) is 0. The van der Waals surface area contributed by atoms with E-state index in [-0.39, 0.29) is 10.9 Å². The van der Waals surface area contributed by atoms with Gasteiger partial charge < -0.3 is 0 Å². The average Bonchev–Trinajstić information content (AvgIpc) is 2.16. The zero-order chi connectivity index (χ0) is 10.1. The molecule has 0 bridgehead atoms. The van der Waals surface area contributed by atoms with Crippen LogP contribution in [-0.2, 0) is 0 Å². The molecule has 0 unspecified atom stereocenters. The summed E-state index contributed by atoms with van der Waals surface area (Å²) in [4.78, 5) is 3.71. The molecule has 2 rings (SSSR count). The van der Waals surface area contributed by atoms with Gasteiger partial charge in [-0.2, -0.15) is 5.26 Å². The average molecular weight is 190 g/mol. The molecule has 0 saturated heterocycles. The van der Waals surface area contributed by atoms with E-state index >= 15 is 0 Å². The van der Waals surface area contributed by atoms with Crippen LogP contribution in [0.25, 0.3) is 10.8 Å². The number of hydrogen-bond donors (Lipinski definition) is 0. The SMILES string of the molecule is N#Cc1cncc2cc(F)cc(F)c12. The molecule has 2 aromatic rings. The van der Waals surface area contributed by atoms with Crippen LogP contribution in [0.1, 0.15) is 5.56 Å². The first-order valence-corrected chi connectivity index (χ1v) is 3.85. The van der Waals surface area contributed by atoms with Gasteiger partial charge in [-0.3, -0.25) is 4.98 Å². The molecular formula is C10H4F2N2. The molecule has 1 aromatic heterocycles. The van der Waals surface area contributed by atoms with Gasteiger partial charge in [-0.1, -0.05) is 0 Å². The van der Waals surface area contributed by atoms with Crippen LogP contribution in [0.3, 0.4) is 0 Å². The zero-order valence-corrected chi connectivity index (χ0v) is 6.96. The van der Waals surface area contributed by atoms with Crippen molar-refractivity contribution in [1.82, 2.24) is 4.98 Å². The predicted molar refractivity (Wildman–Crippen MR) is 46.4 cm³/mol. The van der Waals surface area contributed by atoms with Gasteiger partial charge in [0.15, 0.2) is 0 Å². The second-order valence-electron chi connectivity index (χ2n) is 2.78. The molecule has 1 aromatic carbocycles. The van der Waals surface area contributed by atoms with Gasteiger partial charge in [-0.25, -0.2) is 8.78 Å². The van der Waals surface area contributed by atoms with Crippen molar-refractivity contribution < 1.29 is 8.78 Å². The number of halogens is 2. The molecule has 1 heterocycles. The van der Waals surface area contributed by atoms with Crippen LogP contribution < -0.4 is 0 Å². The van der Waals surface area contributed by atoms with Crippen LogP contribution in [0, 0.1) is 23.0 Å². The van der Waals surface area contributed by atoms with Crippen LogP contribution >= 0.6 is 0 Å². The maximum atomic E-state index is 13.3. The Bertz CT molecular complexity index is 544. The first-order valence-electron chi connectivity index (χ1n) is 3.85. The Morgan fingerprint density at radius 2 is 2.00 bits per heavy atom. The lowest BCUT2D eigenvalue weighted by molar-refractivity contribution is 0.592. The van der Waals surface area contributed by atoms with Crippen LogP contribution in [-0.4, -0.2) is 4.98 Å². The number of pyridine rings is 1. The standard InChI is InChI=1S/C10H4F2N2/c11-8-1-6-4-14-5-7(3-13)10(6)9(12)2-8/h1-2,4-5H. The van der Waals surface area contributed by atoms with E-state index in [1.54, 1.807) is 6.07 Å². The second kappa shape index (κ2) is 3.04. The van der Waals surface area contributed by atoms with Crippen molar-refractivity contribution in [3.63, 3.8) is 0 Å². The van der Waals surface area contributed by atoms with Crippen LogP contribution in [0.15, 0.2) is 24.5 Å². The molecule has 0 aliphatic carbocycles. The van der Waals surface area contributed by atoms with Crippen LogP contribution in [0.2, 0.25) is 0 Å². The van der Waals surface area contributed by atoms with Crippen molar-refractivity contribution in [2.24, 2.45) is 0 Å². The summed E-state index contributed by atoms with van der Waals surface area (Å²) in [6.45, 7) is 0. The van der Waals surface area contributed by atoms with Gasteiger partial charge in [0, 0.05) is 29.2 Å². The number of hydrogen-bond acceptors (Lipinski definition) is 2. The normalized spacial score (nSPS) is 10.1. The third kappa shape index (κ3) is 1.19. The molecule has 0 spiro atoms. The Balaban J connectivity index is 2.96. The minimum atomic E-state index is -0.737. The van der Waals surface area contributed by atoms with Crippen molar-refractivity contribution in [2.75, 3.05) is 0 Å². The Morgan fingerprint density at radius 1 is 1.21 bits per heavy atom. The molecule has 0 radical (unpaired) electrons. The van der Waals surface area contributed by atoms with Crippen LogP contribution in [0.4, 0.5) is 8.78 Å². The zero-order valence-electron chi connectivity index (χ0n) is 6.96. The van der Waals surface area contributed by atoms with E-state index < -0.39 is 11.6 Å². The number of nitriles is 1. The van der Waals surface area contributed by atoms with Gasteiger partial charge in [0.05, 0.1) is 5.56 Å². The Hall–Kier alpha value is -2.02. The first kappa shape index (κ1) is 8.57. The molecular weight excluding hydrogens is 186 g/mol. The van der Waals surface area contributed by atoms with E-state index in [1.807, 2.05) is 0 Å². The monoisotopic (exact) mass is 190 g/mol. The summed E-state index contributed by atoms with van der Waals surface area (Å²) in [6.07, 6.45) is 2.58. The molecule has 0 aliphatic rings. The van der Waals surface area contributed by atoms with Gasteiger partial charge in [-0.05, 0) is 6.07 Å². The summed E-state index contributed by atoms with van der Waals surface area (Å²) in [5.41, 5.74) is 0.111. The summed E-state index contributed by atoms with van der Waals surface area (Å²) >= 11 is 0. The molecule has 68 valence electrons. The Labute approximate surface area is 78.4 Å². The van der Waals surface area contributed by atoms with Gasteiger partial charge in [0.25, 0.3) is 0 Å². The highest BCUT2D eigenvalue weighted by molar-refractivity contribution is 5.87. The fourth-order valence-corrected chi connectivity index (χ4v) is 1.32. The Morgan fingerprint density at radius 3 is 2.71 bits per heavy atom. The second-order valence-corrected chi connectivity index (χ2v) is 2.78. The van der Waals surface area contributed by atoms with E-state index in [1.165, 1.54) is 12.4 Å². The lowest BCUT2D eigenvalue weighted by Gasteiger charge is -2.00. The predicted octanol–water partition coefficient (Wildman–Crippen LogP) is 2.38. The number of fused-ring (bicyclic) bond motifs is 1. The van der Waals surface area contributed by atoms with Gasteiger partial charge in [0.2, 0.25) is 0 Å². The Kier molecular flexibility index (Phi) is 1.86. The van der Waals surface area contributed by atoms with E-state index in [9.17, 15) is 8.78 Å². The highest BCUT2D eigenvalue weighted by Gasteiger charge is 2.08. The van der Waals surface area contributed by atoms with E-state index in [2.05, 4.69) is 4.98 Å². The van der Waals surface area contributed by atoms with E-state index in [0.717, 1.165) is 12.1 Å². The fourth-order valence-electron chi connectivity index (χ4n) is 1.32. The van der Waals surface area contributed by atoms with Crippen molar-refractivity contribution in [1.29, 1.82) is 5.26 Å². The van der Waals surface area contributed by atoms with Crippen molar-refractivity contribution in [3.05, 3.63) is 41.7 Å². The van der Waals surface area contributed by atoms with Crippen LogP contribution in [0.5, 0.6) is 0 Å². The minimum absolute atomic E-state index is 0.111. The maximum absolute atomic E-state index is 13.3. The lowest BCUT2D eigenvalue weighted by Crippen LogP contribution is -1.88. The third-order valence-electron chi connectivity index (χ3n) is 1.89. The van der Waals surface area contributed by atoms with E-state index in [4.69, 9.17) is 5.26 Å². The maximum Gasteiger partial charge on any atom is 0.135 e. The van der Waals surface area contributed by atoms with Crippen molar-refractivity contribution >= 4 is 10.8 Å². The number of rotatable bonds is 0. The highest BCUT2D eigenvalue weighted by atomic mass is 19.1. The lowest BCUT2D eigenvalue weighted by atomic mass is 10.1. The minimum Gasteiger partial charge on any atom is -0.263 e. The number of nitrogens with zero attached hydrogens (tertiary/aromatic N) is 2. The number of aromatic nitrogens is 1. The molecule has 0 amide bonds. The molecule has 0 fully saturated rings. The summed E-state index contributed by atoms with van der Waals surface area (Å²) in [5, 5.41) is 9.09. The summed E-state index contributed by atoms with van der Waals surface area (Å²) in [5.74, 6) is -1.41. The van der Waals surface area contributed by atoms with Gasteiger partial charge >= 0.3 is 0 Å². The summed E-state index contributed by atoms with van der Waals surface area (Å²) in [7, 11) is 0. The summed E-state index contributed by atoms with van der Waals surface area (Å²) < 4.78 is 26.1. The molecule has 0 N–H and O–H groups in total.